The lowest BCUT2D eigenvalue weighted by Crippen LogP contribution is -2.23. The summed E-state index contributed by atoms with van der Waals surface area (Å²) in [7, 11) is 0. The molecule has 0 aliphatic carbocycles. The number of pyridine rings is 1. The molecule has 0 radical (unpaired) electrons. The molecule has 104 valence electrons. The smallest absolute Gasteiger partial charge is 0.251 e. The van der Waals surface area contributed by atoms with E-state index in [-0.39, 0.29) is 28.6 Å². The third kappa shape index (κ3) is 3.42. The van der Waals surface area contributed by atoms with Gasteiger partial charge >= 0.3 is 0 Å². The van der Waals surface area contributed by atoms with Gasteiger partial charge in [-0.3, -0.25) is 4.79 Å². The van der Waals surface area contributed by atoms with Gasteiger partial charge in [-0.25, -0.2) is 13.8 Å². The van der Waals surface area contributed by atoms with Crippen molar-refractivity contribution in [3.63, 3.8) is 0 Å². The zero-order valence-corrected chi connectivity index (χ0v) is 10.9. The van der Waals surface area contributed by atoms with E-state index in [9.17, 15) is 13.6 Å². The molecule has 0 spiro atoms. The molecule has 0 saturated heterocycles. The highest BCUT2D eigenvalue weighted by Gasteiger charge is 2.10. The number of nitrogens with two attached hydrogens (primary N) is 1. The van der Waals surface area contributed by atoms with Crippen molar-refractivity contribution in [3.05, 3.63) is 58.2 Å². The van der Waals surface area contributed by atoms with Crippen LogP contribution in [0.3, 0.4) is 0 Å². The minimum atomic E-state index is -0.598. The van der Waals surface area contributed by atoms with E-state index in [1.54, 1.807) is 0 Å². The fourth-order valence-corrected chi connectivity index (χ4v) is 1.82. The summed E-state index contributed by atoms with van der Waals surface area (Å²) >= 11 is 5.68. The van der Waals surface area contributed by atoms with Crippen LogP contribution in [0.5, 0.6) is 0 Å². The first kappa shape index (κ1) is 14.2. The van der Waals surface area contributed by atoms with Crippen LogP contribution in [-0.2, 0) is 6.54 Å². The summed E-state index contributed by atoms with van der Waals surface area (Å²) in [5.41, 5.74) is 5.70. The Morgan fingerprint density at radius 1 is 1.30 bits per heavy atom. The van der Waals surface area contributed by atoms with E-state index in [2.05, 4.69) is 10.3 Å². The van der Waals surface area contributed by atoms with Gasteiger partial charge in [0.25, 0.3) is 5.91 Å². The fourth-order valence-electron chi connectivity index (χ4n) is 1.60. The number of halogens is 3. The van der Waals surface area contributed by atoms with Crippen LogP contribution in [0.2, 0.25) is 5.15 Å². The third-order valence-electron chi connectivity index (χ3n) is 2.52. The average Bonchev–Trinajstić information content (AvgIpc) is 2.38. The third-order valence-corrected chi connectivity index (χ3v) is 2.72. The maximum atomic E-state index is 13.4. The van der Waals surface area contributed by atoms with E-state index in [0.29, 0.717) is 0 Å². The highest BCUT2D eigenvalue weighted by atomic mass is 35.5. The maximum absolute atomic E-state index is 13.4. The summed E-state index contributed by atoms with van der Waals surface area (Å²) in [4.78, 5) is 15.6. The van der Waals surface area contributed by atoms with Crippen LogP contribution in [0, 0.1) is 11.6 Å². The minimum Gasteiger partial charge on any atom is -0.384 e. The molecule has 0 aliphatic rings. The largest absolute Gasteiger partial charge is 0.384 e. The summed E-state index contributed by atoms with van der Waals surface area (Å²) in [6, 6.07) is 5.68. The first-order valence-corrected chi connectivity index (χ1v) is 5.98. The van der Waals surface area contributed by atoms with Gasteiger partial charge in [-0.15, -0.1) is 0 Å². The molecule has 0 bridgehead atoms. The number of amides is 1. The van der Waals surface area contributed by atoms with Crippen molar-refractivity contribution in [1.82, 2.24) is 10.3 Å². The van der Waals surface area contributed by atoms with Crippen molar-refractivity contribution >= 4 is 23.3 Å². The first-order chi connectivity index (χ1) is 9.45. The number of hydrogen-bond acceptors (Lipinski definition) is 3. The maximum Gasteiger partial charge on any atom is 0.251 e. The van der Waals surface area contributed by atoms with Gasteiger partial charge in [-0.05, 0) is 30.3 Å². The molecule has 0 unspecified atom stereocenters. The molecule has 0 aliphatic heterocycles. The number of aromatic nitrogens is 1. The van der Waals surface area contributed by atoms with Crippen molar-refractivity contribution in [2.75, 3.05) is 5.73 Å². The first-order valence-electron chi connectivity index (χ1n) is 5.61. The normalized spacial score (nSPS) is 10.3. The van der Waals surface area contributed by atoms with E-state index in [1.807, 2.05) is 0 Å². The number of carbonyl (C=O) groups excluding carboxylic acids is 1. The lowest BCUT2D eigenvalue weighted by molar-refractivity contribution is 0.0950. The molecule has 0 saturated carbocycles. The van der Waals surface area contributed by atoms with Crippen molar-refractivity contribution in [2.24, 2.45) is 0 Å². The van der Waals surface area contributed by atoms with E-state index in [0.717, 1.165) is 18.2 Å². The Labute approximate surface area is 118 Å². The molecule has 1 heterocycles. The number of benzene rings is 1. The van der Waals surface area contributed by atoms with Gasteiger partial charge in [0.15, 0.2) is 0 Å². The van der Waals surface area contributed by atoms with Crippen molar-refractivity contribution in [2.45, 2.75) is 6.54 Å². The molecule has 0 atom stereocenters. The van der Waals surface area contributed by atoms with Gasteiger partial charge in [0.05, 0.1) is 0 Å². The Morgan fingerprint density at radius 2 is 2.05 bits per heavy atom. The monoisotopic (exact) mass is 297 g/mol. The van der Waals surface area contributed by atoms with Gasteiger partial charge < -0.3 is 11.1 Å². The number of hydrogen-bond donors (Lipinski definition) is 2. The molecule has 2 rings (SSSR count). The van der Waals surface area contributed by atoms with Gasteiger partial charge in [0, 0.05) is 17.7 Å². The van der Waals surface area contributed by atoms with Gasteiger partial charge in [-0.2, -0.15) is 0 Å². The molecule has 2 aromatic rings. The SMILES string of the molecule is Nc1cc(C(=O)NCc2cc(F)ccc2F)cc(Cl)n1. The predicted octanol–water partition coefficient (Wildman–Crippen LogP) is 2.53. The van der Waals surface area contributed by atoms with Crippen molar-refractivity contribution in [1.29, 1.82) is 0 Å². The highest BCUT2D eigenvalue weighted by Crippen LogP contribution is 2.13. The van der Waals surface area contributed by atoms with Crippen molar-refractivity contribution < 1.29 is 13.6 Å². The van der Waals surface area contributed by atoms with Crippen molar-refractivity contribution in [3.8, 4) is 0 Å². The van der Waals surface area contributed by atoms with Crippen LogP contribution in [0.1, 0.15) is 15.9 Å². The molecule has 0 fully saturated rings. The average molecular weight is 298 g/mol. The molecule has 1 aromatic heterocycles. The number of carbonyl (C=O) groups is 1. The van der Waals surface area contributed by atoms with Crippen LogP contribution in [-0.4, -0.2) is 10.9 Å². The Morgan fingerprint density at radius 3 is 2.75 bits per heavy atom. The van der Waals surface area contributed by atoms with E-state index < -0.39 is 17.5 Å². The summed E-state index contributed by atoms with van der Waals surface area (Å²) in [6.45, 7) is -0.151. The van der Waals surface area contributed by atoms with Crippen LogP contribution >= 0.6 is 11.6 Å². The quantitative estimate of drug-likeness (QED) is 0.856. The number of anilines is 1. The van der Waals surface area contributed by atoms with Gasteiger partial charge in [0.2, 0.25) is 0 Å². The Kier molecular flexibility index (Phi) is 4.14. The molecule has 4 nitrogen and oxygen atoms in total. The van der Waals surface area contributed by atoms with Gasteiger partial charge in [-0.1, -0.05) is 11.6 Å². The lowest BCUT2D eigenvalue weighted by atomic mass is 10.2. The molecule has 3 N–H and O–H groups in total. The van der Waals surface area contributed by atoms with E-state index in [1.165, 1.54) is 12.1 Å². The Bertz CT molecular complexity index is 644. The van der Waals surface area contributed by atoms with E-state index in [4.69, 9.17) is 17.3 Å². The molecule has 7 heteroatoms. The molecule has 20 heavy (non-hydrogen) atoms. The Hall–Kier alpha value is -2.21. The summed E-state index contributed by atoms with van der Waals surface area (Å²) in [6.07, 6.45) is 0. The Balaban J connectivity index is 2.10. The molecule has 1 aromatic carbocycles. The second-order valence-electron chi connectivity index (χ2n) is 4.02. The predicted molar refractivity (Wildman–Crippen MR) is 71.2 cm³/mol. The lowest BCUT2D eigenvalue weighted by Gasteiger charge is -2.07. The molecular weight excluding hydrogens is 288 g/mol. The zero-order chi connectivity index (χ0) is 14.7. The van der Waals surface area contributed by atoms with Crippen LogP contribution in [0.4, 0.5) is 14.6 Å². The van der Waals surface area contributed by atoms with Gasteiger partial charge in [0.1, 0.15) is 22.6 Å². The number of nitrogens with one attached hydrogen (secondary N) is 1. The summed E-state index contributed by atoms with van der Waals surface area (Å²) < 4.78 is 26.4. The minimum absolute atomic E-state index is 0.0477. The summed E-state index contributed by atoms with van der Waals surface area (Å²) in [5.74, 6) is -1.59. The highest BCUT2D eigenvalue weighted by molar-refractivity contribution is 6.29. The standard InChI is InChI=1S/C13H10ClF2N3O/c14-11-4-7(5-12(17)19-11)13(20)18-6-8-3-9(15)1-2-10(8)16/h1-5H,6H2,(H2,17,19)(H,18,20). The molecular formula is C13H10ClF2N3O. The van der Waals surface area contributed by atoms with E-state index >= 15 is 0 Å². The number of nitrogen functional groups attached to an aromatic ring is 1. The second kappa shape index (κ2) is 5.83. The molecule has 1 amide bonds. The second-order valence-corrected chi connectivity index (χ2v) is 4.41. The fraction of sp³-hybridized carbons (Fsp3) is 0.0769. The topological polar surface area (TPSA) is 68.0 Å². The number of rotatable bonds is 3. The zero-order valence-electron chi connectivity index (χ0n) is 10.2. The van der Waals surface area contributed by atoms with Crippen LogP contribution < -0.4 is 11.1 Å². The number of nitrogens with zero attached hydrogens (tertiary/aromatic N) is 1. The summed E-state index contributed by atoms with van der Waals surface area (Å²) in [5, 5.41) is 2.53. The van der Waals surface area contributed by atoms with Crippen LogP contribution in [0.25, 0.3) is 0 Å². The van der Waals surface area contributed by atoms with Crippen LogP contribution in [0.15, 0.2) is 30.3 Å².